The average Bonchev–Trinajstić information content (AvgIpc) is 2.66. The van der Waals surface area contributed by atoms with Crippen molar-refractivity contribution in [3.8, 4) is 0 Å². The fourth-order valence-electron chi connectivity index (χ4n) is 2.10. The van der Waals surface area contributed by atoms with E-state index in [4.69, 9.17) is 9.84 Å². The molecule has 0 aliphatic carbocycles. The van der Waals surface area contributed by atoms with Gasteiger partial charge < -0.3 is 14.9 Å². The molecule has 0 aromatic carbocycles. The van der Waals surface area contributed by atoms with Gasteiger partial charge in [0, 0.05) is 18.7 Å². The first-order chi connectivity index (χ1) is 9.02. The summed E-state index contributed by atoms with van der Waals surface area (Å²) in [6, 6.07) is 1.09. The molecule has 3 N–H and O–H groups in total. The zero-order valence-corrected chi connectivity index (χ0v) is 9.78. The molecule has 3 atom stereocenters. The van der Waals surface area contributed by atoms with Gasteiger partial charge in [-0.25, -0.2) is 9.59 Å². The molecular formula is C11H12N2O6. The zero-order chi connectivity index (χ0) is 14.0. The standard InChI is InChI=1S/C11H12N2O6/c14-4-2-11(5-7(16)8(6-15)19-11)13-3-1-9(17)12-10(13)18/h1-3,7-8,15-16H,5-6H2,(H,12,17,18)/t7-,8+,11+/m0/s1. The van der Waals surface area contributed by atoms with Crippen LogP contribution in [-0.2, 0) is 15.3 Å². The minimum Gasteiger partial charge on any atom is -0.394 e. The van der Waals surface area contributed by atoms with Crippen molar-refractivity contribution in [2.45, 2.75) is 24.4 Å². The quantitative estimate of drug-likeness (QED) is 0.531. The van der Waals surface area contributed by atoms with Crippen molar-refractivity contribution in [1.29, 1.82) is 0 Å². The van der Waals surface area contributed by atoms with Crippen molar-refractivity contribution in [2.24, 2.45) is 0 Å². The summed E-state index contributed by atoms with van der Waals surface area (Å²) in [5.74, 6) is 1.51. The molecule has 102 valence electrons. The highest BCUT2D eigenvalue weighted by atomic mass is 16.6. The molecule has 0 spiro atoms. The highest BCUT2D eigenvalue weighted by molar-refractivity contribution is 5.47. The van der Waals surface area contributed by atoms with E-state index in [1.807, 2.05) is 4.98 Å². The summed E-state index contributed by atoms with van der Waals surface area (Å²) in [6.07, 6.45) is 0.00353. The van der Waals surface area contributed by atoms with Gasteiger partial charge in [0.2, 0.25) is 0 Å². The number of rotatable bonds is 3. The summed E-state index contributed by atoms with van der Waals surface area (Å²) in [7, 11) is 0. The van der Waals surface area contributed by atoms with Gasteiger partial charge in [-0.3, -0.25) is 14.3 Å². The van der Waals surface area contributed by atoms with Crippen LogP contribution in [-0.4, -0.2) is 44.5 Å². The number of hydrogen-bond donors (Lipinski definition) is 3. The summed E-state index contributed by atoms with van der Waals surface area (Å²) in [5.41, 5.74) is -2.94. The maximum absolute atomic E-state index is 11.7. The van der Waals surface area contributed by atoms with Crippen LogP contribution in [0.2, 0.25) is 0 Å². The van der Waals surface area contributed by atoms with Gasteiger partial charge in [-0.1, -0.05) is 0 Å². The number of ether oxygens (including phenoxy) is 1. The molecule has 0 unspecified atom stereocenters. The van der Waals surface area contributed by atoms with Crippen LogP contribution in [0.1, 0.15) is 6.42 Å². The second-order valence-corrected chi connectivity index (χ2v) is 4.20. The van der Waals surface area contributed by atoms with Crippen LogP contribution < -0.4 is 11.2 Å². The number of nitrogens with one attached hydrogen (secondary N) is 1. The Morgan fingerprint density at radius 3 is 2.89 bits per heavy atom. The Morgan fingerprint density at radius 2 is 2.37 bits per heavy atom. The van der Waals surface area contributed by atoms with Crippen molar-refractivity contribution >= 4 is 5.94 Å². The summed E-state index contributed by atoms with van der Waals surface area (Å²) in [4.78, 5) is 35.4. The lowest BCUT2D eigenvalue weighted by atomic mass is 10.1. The molecule has 1 fully saturated rings. The molecule has 1 saturated heterocycles. The summed E-state index contributed by atoms with van der Waals surface area (Å²) in [5, 5.41) is 18.8. The molecule has 1 aliphatic rings. The molecule has 0 amide bonds. The van der Waals surface area contributed by atoms with E-state index in [2.05, 4.69) is 0 Å². The van der Waals surface area contributed by atoms with Crippen LogP contribution in [0.5, 0.6) is 0 Å². The average molecular weight is 268 g/mol. The molecule has 8 nitrogen and oxygen atoms in total. The highest BCUT2D eigenvalue weighted by Crippen LogP contribution is 2.34. The van der Waals surface area contributed by atoms with Gasteiger partial charge >= 0.3 is 5.69 Å². The molecule has 2 rings (SSSR count). The smallest absolute Gasteiger partial charge is 0.330 e. The van der Waals surface area contributed by atoms with E-state index >= 15 is 0 Å². The second-order valence-electron chi connectivity index (χ2n) is 4.20. The van der Waals surface area contributed by atoms with Crippen LogP contribution in [0.3, 0.4) is 0 Å². The van der Waals surface area contributed by atoms with Gasteiger partial charge in [-0.15, -0.1) is 0 Å². The second kappa shape index (κ2) is 4.94. The molecule has 19 heavy (non-hydrogen) atoms. The number of carbonyl (C=O) groups excluding carboxylic acids is 1. The van der Waals surface area contributed by atoms with Crippen molar-refractivity contribution in [3.05, 3.63) is 39.2 Å². The van der Waals surface area contributed by atoms with Crippen molar-refractivity contribution in [2.75, 3.05) is 6.61 Å². The van der Waals surface area contributed by atoms with Crippen LogP contribution in [0, 0.1) is 0 Å². The molecule has 1 aromatic heterocycles. The predicted octanol–water partition coefficient (Wildman–Crippen LogP) is -2.28. The van der Waals surface area contributed by atoms with E-state index < -0.39 is 35.8 Å². The third-order valence-corrected chi connectivity index (χ3v) is 2.98. The Kier molecular flexibility index (Phi) is 3.50. The molecule has 1 aliphatic heterocycles. The molecule has 1 aromatic rings. The van der Waals surface area contributed by atoms with Gasteiger partial charge in [0.05, 0.1) is 18.8 Å². The SMILES string of the molecule is O=C=C[C@]1(n2ccc(=O)[nH]c2=O)C[C@H](O)[C@@H](CO)O1. The first kappa shape index (κ1) is 13.4. The summed E-state index contributed by atoms with van der Waals surface area (Å²) < 4.78 is 6.35. The van der Waals surface area contributed by atoms with Gasteiger partial charge in [0.25, 0.3) is 5.56 Å². The fraction of sp³-hybridized carbons (Fsp3) is 0.455. The maximum atomic E-state index is 11.7. The molecule has 0 bridgehead atoms. The summed E-state index contributed by atoms with van der Waals surface area (Å²) >= 11 is 0. The van der Waals surface area contributed by atoms with E-state index in [-0.39, 0.29) is 6.42 Å². The zero-order valence-electron chi connectivity index (χ0n) is 9.78. The van der Waals surface area contributed by atoms with Gasteiger partial charge in [-0.2, -0.15) is 0 Å². The summed E-state index contributed by atoms with van der Waals surface area (Å²) in [6.45, 7) is -0.465. The highest BCUT2D eigenvalue weighted by Gasteiger charge is 2.46. The number of aromatic nitrogens is 2. The minimum absolute atomic E-state index is 0.112. The number of aromatic amines is 1. The first-order valence-corrected chi connectivity index (χ1v) is 5.53. The van der Waals surface area contributed by atoms with Crippen LogP contribution in [0.4, 0.5) is 0 Å². The van der Waals surface area contributed by atoms with E-state index in [0.717, 1.165) is 22.9 Å². The third-order valence-electron chi connectivity index (χ3n) is 2.98. The lowest BCUT2D eigenvalue weighted by molar-refractivity contribution is -0.0888. The molecular weight excluding hydrogens is 256 g/mol. The Labute approximate surface area is 106 Å². The maximum Gasteiger partial charge on any atom is 0.330 e. The fourth-order valence-corrected chi connectivity index (χ4v) is 2.10. The van der Waals surface area contributed by atoms with E-state index in [9.17, 15) is 19.5 Å². The monoisotopic (exact) mass is 268 g/mol. The van der Waals surface area contributed by atoms with Gasteiger partial charge in [0.1, 0.15) is 12.0 Å². The number of aliphatic hydroxyl groups excluding tert-OH is 2. The van der Waals surface area contributed by atoms with Crippen LogP contribution >= 0.6 is 0 Å². The number of nitrogens with zero attached hydrogens (tertiary/aromatic N) is 1. The van der Waals surface area contributed by atoms with E-state index in [1.165, 1.54) is 5.94 Å². The number of hydrogen-bond acceptors (Lipinski definition) is 6. The normalized spacial score (nSPS) is 30.0. The minimum atomic E-state index is -1.56. The molecule has 8 heteroatoms. The number of H-pyrrole nitrogens is 1. The predicted molar refractivity (Wildman–Crippen MR) is 62.1 cm³/mol. The largest absolute Gasteiger partial charge is 0.394 e. The topological polar surface area (TPSA) is 122 Å². The molecule has 2 heterocycles. The Balaban J connectivity index is 2.55. The Bertz CT molecular complexity index is 629. The Hall–Kier alpha value is -1.99. The van der Waals surface area contributed by atoms with Crippen molar-refractivity contribution < 1.29 is 19.7 Å². The van der Waals surface area contributed by atoms with Crippen molar-refractivity contribution in [1.82, 2.24) is 9.55 Å². The van der Waals surface area contributed by atoms with E-state index in [1.54, 1.807) is 0 Å². The van der Waals surface area contributed by atoms with Crippen LogP contribution in [0.15, 0.2) is 27.9 Å². The lowest BCUT2D eigenvalue weighted by Crippen LogP contribution is -2.43. The first-order valence-electron chi connectivity index (χ1n) is 5.53. The third kappa shape index (κ3) is 2.29. The van der Waals surface area contributed by atoms with Crippen molar-refractivity contribution in [3.63, 3.8) is 0 Å². The van der Waals surface area contributed by atoms with Gasteiger partial charge in [0.15, 0.2) is 5.72 Å². The molecule has 0 saturated carbocycles. The van der Waals surface area contributed by atoms with E-state index in [0.29, 0.717) is 0 Å². The lowest BCUT2D eigenvalue weighted by Gasteiger charge is -2.26. The van der Waals surface area contributed by atoms with Gasteiger partial charge in [-0.05, 0) is 0 Å². The number of aliphatic hydroxyl groups is 2. The Morgan fingerprint density at radius 1 is 1.63 bits per heavy atom. The molecule has 0 radical (unpaired) electrons. The van der Waals surface area contributed by atoms with Crippen LogP contribution in [0.25, 0.3) is 0 Å².